The van der Waals surface area contributed by atoms with Crippen molar-refractivity contribution >= 4 is 61.2 Å². The third-order valence-electron chi connectivity index (χ3n) is 5.09. The molecule has 0 aliphatic carbocycles. The number of sulfonamides is 1. The summed E-state index contributed by atoms with van der Waals surface area (Å²) < 4.78 is 55.9. The van der Waals surface area contributed by atoms with E-state index in [9.17, 15) is 21.6 Å². The average Bonchev–Trinajstić information content (AvgIpc) is 2.73. The molecule has 1 saturated heterocycles. The Kier molecular flexibility index (Phi) is 6.53. The molecule has 0 bridgehead atoms. The largest absolute Gasteiger partial charge is 0.379 e. The van der Waals surface area contributed by atoms with Gasteiger partial charge in [0.1, 0.15) is 10.6 Å². The minimum atomic E-state index is -3.89. The molecule has 4 rings (SSSR count). The Bertz CT molecular complexity index is 1350. The van der Waals surface area contributed by atoms with Crippen LogP contribution in [-0.2, 0) is 20.1 Å². The number of rotatable bonds is 4. The van der Waals surface area contributed by atoms with Crippen molar-refractivity contribution in [2.45, 2.75) is 29.2 Å². The van der Waals surface area contributed by atoms with Crippen LogP contribution in [0.25, 0.3) is 6.08 Å². The molecule has 176 valence electrons. The summed E-state index contributed by atoms with van der Waals surface area (Å²) in [6.45, 7) is 4.68. The standard InChI is InChI=1S/C21H21ClN2O6S3/c1-13-11-24(12-14(2)31-13)33(28,29)20-10-16(3-5-18(20)22)21(25)23-17-4-6-19-15(9-17)7-8-32(26,27)30-19/h3-10,13-14H,11-12H2,1-2H3,(H,23,25)/t13-,14+. The molecule has 0 unspecified atom stereocenters. The number of fused-ring (bicyclic) bond motifs is 1. The Morgan fingerprint density at radius 2 is 1.85 bits per heavy atom. The first-order chi connectivity index (χ1) is 15.4. The quantitative estimate of drug-likeness (QED) is 0.601. The third-order valence-corrected chi connectivity index (χ3v) is 9.51. The zero-order valence-electron chi connectivity index (χ0n) is 17.7. The Labute approximate surface area is 202 Å². The number of nitrogens with zero attached hydrogens (tertiary/aromatic N) is 1. The van der Waals surface area contributed by atoms with E-state index in [-0.39, 0.29) is 31.7 Å². The van der Waals surface area contributed by atoms with Gasteiger partial charge < -0.3 is 9.50 Å². The summed E-state index contributed by atoms with van der Waals surface area (Å²) in [5.74, 6) is -0.383. The summed E-state index contributed by atoms with van der Waals surface area (Å²) in [7, 11) is -7.64. The fraction of sp³-hybridized carbons (Fsp3) is 0.286. The molecule has 0 aromatic heterocycles. The lowest BCUT2D eigenvalue weighted by molar-refractivity contribution is 0.102. The summed E-state index contributed by atoms with van der Waals surface area (Å²) in [6.07, 6.45) is 1.37. The van der Waals surface area contributed by atoms with Crippen LogP contribution in [0.5, 0.6) is 5.75 Å². The minimum absolute atomic E-state index is 0.0439. The molecular weight excluding hydrogens is 508 g/mol. The monoisotopic (exact) mass is 528 g/mol. The first-order valence-corrected chi connectivity index (χ1v) is 14.2. The number of anilines is 1. The van der Waals surface area contributed by atoms with Gasteiger partial charge in [-0.3, -0.25) is 4.79 Å². The molecule has 2 aromatic carbocycles. The van der Waals surface area contributed by atoms with Crippen LogP contribution in [0.3, 0.4) is 0 Å². The summed E-state index contributed by atoms with van der Waals surface area (Å²) >= 11 is 7.96. The first-order valence-electron chi connectivity index (χ1n) is 9.98. The van der Waals surface area contributed by atoms with Crippen LogP contribution in [0.15, 0.2) is 46.7 Å². The Hall–Kier alpha value is -2.05. The van der Waals surface area contributed by atoms with Crippen molar-refractivity contribution in [3.05, 3.63) is 58.0 Å². The lowest BCUT2D eigenvalue weighted by Crippen LogP contribution is -2.44. The van der Waals surface area contributed by atoms with Crippen molar-refractivity contribution in [3.8, 4) is 5.75 Å². The molecule has 0 spiro atoms. The highest BCUT2D eigenvalue weighted by atomic mass is 35.5. The fourth-order valence-electron chi connectivity index (χ4n) is 3.65. The molecule has 2 aliphatic heterocycles. The highest BCUT2D eigenvalue weighted by Gasteiger charge is 2.33. The zero-order valence-corrected chi connectivity index (χ0v) is 20.9. The van der Waals surface area contributed by atoms with Gasteiger partial charge in [-0.15, -0.1) is 0 Å². The maximum absolute atomic E-state index is 13.3. The number of hydrogen-bond donors (Lipinski definition) is 1. The summed E-state index contributed by atoms with van der Waals surface area (Å²) in [6, 6.07) is 8.59. The predicted molar refractivity (Wildman–Crippen MR) is 130 cm³/mol. The van der Waals surface area contributed by atoms with Crippen molar-refractivity contribution in [2.75, 3.05) is 18.4 Å². The highest BCUT2D eigenvalue weighted by molar-refractivity contribution is 8.00. The lowest BCUT2D eigenvalue weighted by atomic mass is 10.1. The highest BCUT2D eigenvalue weighted by Crippen LogP contribution is 2.33. The van der Waals surface area contributed by atoms with Gasteiger partial charge in [0.05, 0.1) is 10.4 Å². The maximum atomic E-state index is 13.3. The van der Waals surface area contributed by atoms with E-state index in [1.165, 1.54) is 40.7 Å². The van der Waals surface area contributed by atoms with Crippen molar-refractivity contribution in [2.24, 2.45) is 0 Å². The van der Waals surface area contributed by atoms with Crippen LogP contribution >= 0.6 is 23.4 Å². The molecule has 1 N–H and O–H groups in total. The van der Waals surface area contributed by atoms with Gasteiger partial charge in [0, 0.05) is 40.4 Å². The van der Waals surface area contributed by atoms with Crippen LogP contribution in [0.2, 0.25) is 5.02 Å². The molecule has 2 aliphatic rings. The van der Waals surface area contributed by atoms with Gasteiger partial charge in [-0.05, 0) is 42.5 Å². The summed E-state index contributed by atoms with van der Waals surface area (Å²) in [5.41, 5.74) is 0.993. The number of nitrogens with one attached hydrogen (secondary N) is 1. The summed E-state index contributed by atoms with van der Waals surface area (Å²) in [5, 5.41) is 3.95. The van der Waals surface area contributed by atoms with Crippen molar-refractivity contribution in [1.29, 1.82) is 0 Å². The zero-order chi connectivity index (χ0) is 24.0. The second-order valence-corrected chi connectivity index (χ2v) is 13.4. The average molecular weight is 529 g/mol. The lowest BCUT2D eigenvalue weighted by Gasteiger charge is -2.33. The maximum Gasteiger partial charge on any atom is 0.332 e. The molecule has 33 heavy (non-hydrogen) atoms. The molecule has 0 radical (unpaired) electrons. The number of carbonyl (C=O) groups is 1. The number of carbonyl (C=O) groups excluding carboxylic acids is 1. The molecule has 1 amide bonds. The SMILES string of the molecule is C[C@@H]1CN(S(=O)(=O)c2cc(C(=O)Nc3ccc4c(c3)C=CS(=O)(=O)O4)ccc2Cl)C[C@H](C)S1. The molecule has 2 atom stereocenters. The fourth-order valence-corrected chi connectivity index (χ4v) is 8.06. The molecular formula is C21H21ClN2O6S3. The van der Waals surface area contributed by atoms with E-state index < -0.39 is 26.0 Å². The van der Waals surface area contributed by atoms with E-state index in [1.807, 2.05) is 13.8 Å². The van der Waals surface area contributed by atoms with Gasteiger partial charge in [0.2, 0.25) is 10.0 Å². The van der Waals surface area contributed by atoms with E-state index in [0.717, 1.165) is 5.41 Å². The van der Waals surface area contributed by atoms with Gasteiger partial charge in [0.15, 0.2) is 0 Å². The van der Waals surface area contributed by atoms with E-state index in [1.54, 1.807) is 17.8 Å². The van der Waals surface area contributed by atoms with Crippen LogP contribution < -0.4 is 9.50 Å². The van der Waals surface area contributed by atoms with E-state index >= 15 is 0 Å². The van der Waals surface area contributed by atoms with Gasteiger partial charge in [0.25, 0.3) is 5.91 Å². The van der Waals surface area contributed by atoms with Crippen LogP contribution in [0.1, 0.15) is 29.8 Å². The van der Waals surface area contributed by atoms with Crippen molar-refractivity contribution in [1.82, 2.24) is 4.31 Å². The molecule has 2 heterocycles. The van der Waals surface area contributed by atoms with Gasteiger partial charge in [-0.1, -0.05) is 25.4 Å². The Morgan fingerprint density at radius 1 is 1.15 bits per heavy atom. The predicted octanol–water partition coefficient (Wildman–Crippen LogP) is 3.80. The van der Waals surface area contributed by atoms with Gasteiger partial charge in [-0.2, -0.15) is 24.5 Å². The number of benzene rings is 2. The first kappa shape index (κ1) is 24.1. The van der Waals surface area contributed by atoms with E-state index in [2.05, 4.69) is 5.32 Å². The minimum Gasteiger partial charge on any atom is -0.379 e. The molecule has 2 aromatic rings. The Balaban J connectivity index is 1.58. The van der Waals surface area contributed by atoms with Crippen LogP contribution in [0.4, 0.5) is 5.69 Å². The van der Waals surface area contributed by atoms with Crippen molar-refractivity contribution in [3.63, 3.8) is 0 Å². The smallest absolute Gasteiger partial charge is 0.332 e. The number of halogens is 1. The molecule has 12 heteroatoms. The number of amides is 1. The molecule has 1 fully saturated rings. The normalized spacial score (nSPS) is 22.3. The topological polar surface area (TPSA) is 110 Å². The Morgan fingerprint density at radius 3 is 2.55 bits per heavy atom. The second-order valence-electron chi connectivity index (χ2n) is 7.81. The molecule has 0 saturated carbocycles. The van der Waals surface area contributed by atoms with Crippen LogP contribution in [0, 0.1) is 0 Å². The number of thioether (sulfide) groups is 1. The van der Waals surface area contributed by atoms with E-state index in [4.69, 9.17) is 15.8 Å². The number of hydrogen-bond acceptors (Lipinski definition) is 7. The third kappa shape index (κ3) is 5.22. The van der Waals surface area contributed by atoms with Crippen molar-refractivity contribution < 1.29 is 25.8 Å². The van der Waals surface area contributed by atoms with Gasteiger partial charge in [-0.25, -0.2) is 8.42 Å². The van der Waals surface area contributed by atoms with Crippen LogP contribution in [-0.4, -0.2) is 50.6 Å². The van der Waals surface area contributed by atoms with Gasteiger partial charge >= 0.3 is 10.1 Å². The molecule has 8 nitrogen and oxygen atoms in total. The summed E-state index contributed by atoms with van der Waals surface area (Å²) in [4.78, 5) is 12.7. The van der Waals surface area contributed by atoms with E-state index in [0.29, 0.717) is 24.3 Å². The second kappa shape index (κ2) is 8.95.